The van der Waals surface area contributed by atoms with Crippen LogP contribution in [-0.4, -0.2) is 17.9 Å². The van der Waals surface area contributed by atoms with Crippen molar-refractivity contribution in [1.82, 2.24) is 4.90 Å². The lowest BCUT2D eigenvalue weighted by atomic mass is 9.98. The lowest BCUT2D eigenvalue weighted by Crippen LogP contribution is -2.25. The molecule has 1 aliphatic heterocycles. The van der Waals surface area contributed by atoms with E-state index in [4.69, 9.17) is 16.0 Å². The molecular formula is C19H14ClNO3. The lowest BCUT2D eigenvalue weighted by Gasteiger charge is -2.20. The summed E-state index contributed by atoms with van der Waals surface area (Å²) in [5, 5.41) is 0.848. The fourth-order valence-electron chi connectivity index (χ4n) is 3.20. The zero-order chi connectivity index (χ0) is 17.0. The summed E-state index contributed by atoms with van der Waals surface area (Å²) in [5.74, 6) is -0.174. The first-order chi connectivity index (χ1) is 11.5. The van der Waals surface area contributed by atoms with E-state index in [1.807, 2.05) is 31.2 Å². The van der Waals surface area contributed by atoms with E-state index in [2.05, 4.69) is 0 Å². The van der Waals surface area contributed by atoms with Crippen molar-refractivity contribution in [3.63, 3.8) is 0 Å². The zero-order valence-corrected chi connectivity index (χ0v) is 13.9. The molecule has 1 aliphatic rings. The summed E-state index contributed by atoms with van der Waals surface area (Å²) in [5.41, 5.74) is 2.53. The highest BCUT2D eigenvalue weighted by Crippen LogP contribution is 2.37. The van der Waals surface area contributed by atoms with Gasteiger partial charge in [0.15, 0.2) is 5.43 Å². The van der Waals surface area contributed by atoms with E-state index >= 15 is 0 Å². The predicted molar refractivity (Wildman–Crippen MR) is 92.6 cm³/mol. The van der Waals surface area contributed by atoms with Crippen molar-refractivity contribution in [3.8, 4) is 0 Å². The van der Waals surface area contributed by atoms with Gasteiger partial charge in [-0.1, -0.05) is 41.4 Å². The van der Waals surface area contributed by atoms with E-state index in [0.717, 1.165) is 11.1 Å². The van der Waals surface area contributed by atoms with Gasteiger partial charge in [0.25, 0.3) is 5.91 Å². The van der Waals surface area contributed by atoms with Gasteiger partial charge in [0, 0.05) is 12.1 Å². The van der Waals surface area contributed by atoms with Crippen LogP contribution in [0.25, 0.3) is 11.0 Å². The van der Waals surface area contributed by atoms with Gasteiger partial charge in [-0.15, -0.1) is 0 Å². The molecule has 3 aromatic rings. The molecule has 2 aromatic carbocycles. The Morgan fingerprint density at radius 2 is 1.79 bits per heavy atom. The lowest BCUT2D eigenvalue weighted by molar-refractivity contribution is 0.0771. The van der Waals surface area contributed by atoms with Crippen LogP contribution in [0.4, 0.5) is 0 Å². The van der Waals surface area contributed by atoms with Crippen molar-refractivity contribution >= 4 is 28.5 Å². The summed E-state index contributed by atoms with van der Waals surface area (Å²) in [6.07, 6.45) is 0. The Morgan fingerprint density at radius 3 is 2.50 bits per heavy atom. The molecule has 1 amide bonds. The second-order valence-corrected chi connectivity index (χ2v) is 6.48. The van der Waals surface area contributed by atoms with Gasteiger partial charge in [0.2, 0.25) is 5.76 Å². The number of aryl methyl sites for hydroxylation is 1. The molecule has 1 aromatic heterocycles. The van der Waals surface area contributed by atoms with E-state index in [1.54, 1.807) is 30.1 Å². The fraction of sp³-hybridized carbons (Fsp3) is 0.158. The van der Waals surface area contributed by atoms with Gasteiger partial charge < -0.3 is 9.32 Å². The second kappa shape index (κ2) is 5.21. The molecule has 0 saturated heterocycles. The number of amides is 1. The maximum atomic E-state index is 13.0. The molecule has 0 bridgehead atoms. The Hall–Kier alpha value is -2.59. The average Bonchev–Trinajstić information content (AvgIpc) is 2.82. The van der Waals surface area contributed by atoms with Gasteiger partial charge in [-0.2, -0.15) is 0 Å². The minimum atomic E-state index is -0.451. The molecule has 2 heterocycles. The Balaban J connectivity index is 2.03. The predicted octanol–water partition coefficient (Wildman–Crippen LogP) is 3.93. The smallest absolute Gasteiger partial charge is 0.290 e. The molecule has 120 valence electrons. The normalized spacial score (nSPS) is 16.7. The summed E-state index contributed by atoms with van der Waals surface area (Å²) in [6, 6.07) is 12.2. The number of benzene rings is 2. The van der Waals surface area contributed by atoms with Crippen LogP contribution in [0, 0.1) is 6.92 Å². The number of nitrogens with zero attached hydrogens (tertiary/aromatic N) is 1. The molecule has 4 rings (SSSR count). The Labute approximate surface area is 143 Å². The molecular weight excluding hydrogens is 326 g/mol. The van der Waals surface area contributed by atoms with Crippen LogP contribution in [0.15, 0.2) is 51.7 Å². The Morgan fingerprint density at radius 1 is 1.08 bits per heavy atom. The van der Waals surface area contributed by atoms with Crippen LogP contribution < -0.4 is 5.43 Å². The van der Waals surface area contributed by atoms with E-state index in [9.17, 15) is 9.59 Å². The molecule has 4 nitrogen and oxygen atoms in total. The third kappa shape index (κ3) is 2.07. The molecule has 0 N–H and O–H groups in total. The van der Waals surface area contributed by atoms with Crippen molar-refractivity contribution in [2.24, 2.45) is 0 Å². The van der Waals surface area contributed by atoms with E-state index < -0.39 is 6.04 Å². The van der Waals surface area contributed by atoms with Crippen LogP contribution >= 0.6 is 11.6 Å². The highest BCUT2D eigenvalue weighted by Gasteiger charge is 2.40. The van der Waals surface area contributed by atoms with E-state index in [-0.39, 0.29) is 17.1 Å². The van der Waals surface area contributed by atoms with E-state index in [1.165, 1.54) is 0 Å². The minimum absolute atomic E-state index is 0.114. The quantitative estimate of drug-likeness (QED) is 0.675. The summed E-state index contributed by atoms with van der Waals surface area (Å²) < 4.78 is 5.75. The average molecular weight is 340 g/mol. The summed E-state index contributed by atoms with van der Waals surface area (Å²) in [4.78, 5) is 27.1. The van der Waals surface area contributed by atoms with Crippen molar-refractivity contribution in [2.75, 3.05) is 7.05 Å². The topological polar surface area (TPSA) is 50.5 Å². The molecule has 1 atom stereocenters. The van der Waals surface area contributed by atoms with Crippen LogP contribution in [0.1, 0.15) is 33.3 Å². The highest BCUT2D eigenvalue weighted by atomic mass is 35.5. The zero-order valence-electron chi connectivity index (χ0n) is 13.2. The van der Waals surface area contributed by atoms with E-state index in [0.29, 0.717) is 21.6 Å². The molecule has 5 heteroatoms. The second-order valence-electron chi connectivity index (χ2n) is 6.04. The number of halogens is 1. The fourth-order valence-corrected chi connectivity index (χ4v) is 3.37. The van der Waals surface area contributed by atoms with Crippen LogP contribution in [0.2, 0.25) is 5.02 Å². The van der Waals surface area contributed by atoms with Crippen molar-refractivity contribution in [3.05, 3.63) is 80.2 Å². The first-order valence-electron chi connectivity index (χ1n) is 7.57. The van der Waals surface area contributed by atoms with Crippen molar-refractivity contribution in [2.45, 2.75) is 13.0 Å². The minimum Gasteiger partial charge on any atom is -0.450 e. The standard InChI is InChI=1S/C19H14ClNO3/c1-10-3-5-11(6-4-10)16-15-17(22)13-9-12(20)7-8-14(13)24-18(15)19(23)21(16)2/h3-9,16H,1-2H3. The summed E-state index contributed by atoms with van der Waals surface area (Å²) in [6.45, 7) is 1.99. The molecule has 0 fully saturated rings. The van der Waals surface area contributed by atoms with Crippen LogP contribution in [0.3, 0.4) is 0 Å². The third-order valence-electron chi connectivity index (χ3n) is 4.46. The maximum Gasteiger partial charge on any atom is 0.290 e. The molecule has 0 radical (unpaired) electrons. The number of hydrogen-bond acceptors (Lipinski definition) is 3. The van der Waals surface area contributed by atoms with Gasteiger partial charge in [0.05, 0.1) is 17.0 Å². The number of hydrogen-bond donors (Lipinski definition) is 0. The Kier molecular flexibility index (Phi) is 3.25. The van der Waals surface area contributed by atoms with Gasteiger partial charge in [-0.3, -0.25) is 9.59 Å². The third-order valence-corrected chi connectivity index (χ3v) is 4.69. The van der Waals surface area contributed by atoms with Crippen molar-refractivity contribution < 1.29 is 9.21 Å². The first-order valence-corrected chi connectivity index (χ1v) is 7.95. The number of rotatable bonds is 1. The van der Waals surface area contributed by atoms with Gasteiger partial charge >= 0.3 is 0 Å². The summed E-state index contributed by atoms with van der Waals surface area (Å²) in [7, 11) is 1.68. The number of carbonyl (C=O) groups excluding carboxylic acids is 1. The molecule has 0 aliphatic carbocycles. The monoisotopic (exact) mass is 339 g/mol. The summed E-state index contributed by atoms with van der Waals surface area (Å²) >= 11 is 6.01. The highest BCUT2D eigenvalue weighted by molar-refractivity contribution is 6.31. The molecule has 1 unspecified atom stereocenters. The van der Waals surface area contributed by atoms with Gasteiger partial charge in [-0.25, -0.2) is 0 Å². The molecule has 0 saturated carbocycles. The first kappa shape index (κ1) is 15.0. The molecule has 0 spiro atoms. The Bertz CT molecular complexity index is 1040. The van der Waals surface area contributed by atoms with Crippen molar-refractivity contribution in [1.29, 1.82) is 0 Å². The largest absolute Gasteiger partial charge is 0.450 e. The number of carbonyl (C=O) groups is 1. The van der Waals surface area contributed by atoms with Crippen LogP contribution in [-0.2, 0) is 0 Å². The van der Waals surface area contributed by atoms with Gasteiger partial charge in [0.1, 0.15) is 5.58 Å². The number of fused-ring (bicyclic) bond motifs is 2. The van der Waals surface area contributed by atoms with Gasteiger partial charge in [-0.05, 0) is 30.7 Å². The maximum absolute atomic E-state index is 13.0. The molecule has 24 heavy (non-hydrogen) atoms. The SMILES string of the molecule is Cc1ccc(C2c3c(oc4ccc(Cl)cc4c3=O)C(=O)N2C)cc1. The van der Waals surface area contributed by atoms with Crippen LogP contribution in [0.5, 0.6) is 0 Å².